The molecule has 1 unspecified atom stereocenters. The Morgan fingerprint density at radius 1 is 1.23 bits per heavy atom. The SMILES string of the molecule is CC(C)CC(NC(=O)c1ccc(S(=O)(=O)NC(C)(C)C)o1)c1cccs1. The molecule has 2 rings (SSSR count). The van der Waals surface area contributed by atoms with Gasteiger partial charge in [-0.25, -0.2) is 13.1 Å². The second-order valence-electron chi connectivity index (χ2n) is 7.65. The summed E-state index contributed by atoms with van der Waals surface area (Å²) in [7, 11) is -3.82. The number of sulfonamides is 1. The molecule has 8 heteroatoms. The molecule has 26 heavy (non-hydrogen) atoms. The first-order valence-electron chi connectivity index (χ1n) is 8.46. The Balaban J connectivity index is 2.16. The van der Waals surface area contributed by atoms with Gasteiger partial charge in [0.25, 0.3) is 15.9 Å². The summed E-state index contributed by atoms with van der Waals surface area (Å²) in [5, 5.41) is 4.64. The van der Waals surface area contributed by atoms with Gasteiger partial charge in [-0.3, -0.25) is 4.79 Å². The van der Waals surface area contributed by atoms with E-state index in [1.165, 1.54) is 12.1 Å². The number of amides is 1. The third kappa shape index (κ3) is 5.69. The van der Waals surface area contributed by atoms with Gasteiger partial charge in [-0.2, -0.15) is 0 Å². The van der Waals surface area contributed by atoms with Crippen LogP contribution in [0.1, 0.15) is 62.5 Å². The molecule has 0 aliphatic carbocycles. The maximum atomic E-state index is 12.5. The van der Waals surface area contributed by atoms with E-state index in [2.05, 4.69) is 23.9 Å². The maximum Gasteiger partial charge on any atom is 0.287 e. The van der Waals surface area contributed by atoms with Crippen molar-refractivity contribution in [2.75, 3.05) is 0 Å². The van der Waals surface area contributed by atoms with E-state index >= 15 is 0 Å². The van der Waals surface area contributed by atoms with Crippen molar-refractivity contribution in [2.24, 2.45) is 5.92 Å². The van der Waals surface area contributed by atoms with Gasteiger partial charge in [0.1, 0.15) is 0 Å². The molecule has 2 aromatic rings. The Hall–Kier alpha value is -1.64. The topological polar surface area (TPSA) is 88.4 Å². The van der Waals surface area contributed by atoms with E-state index in [1.54, 1.807) is 32.1 Å². The molecular weight excluding hydrogens is 372 g/mol. The number of carbonyl (C=O) groups is 1. The van der Waals surface area contributed by atoms with Crippen LogP contribution in [0.2, 0.25) is 0 Å². The van der Waals surface area contributed by atoms with Crippen LogP contribution in [0.3, 0.4) is 0 Å². The predicted molar refractivity (Wildman–Crippen MR) is 103 cm³/mol. The first-order valence-corrected chi connectivity index (χ1v) is 10.8. The van der Waals surface area contributed by atoms with Crippen molar-refractivity contribution >= 4 is 27.3 Å². The predicted octanol–water partition coefficient (Wildman–Crippen LogP) is 3.94. The van der Waals surface area contributed by atoms with Crippen molar-refractivity contribution in [3.05, 3.63) is 40.3 Å². The number of hydrogen-bond acceptors (Lipinski definition) is 5. The standard InChI is InChI=1S/C18H26N2O4S2/c1-12(2)11-13(15-7-6-10-25-15)19-17(21)14-8-9-16(24-14)26(22,23)20-18(3,4)5/h6-10,12-13,20H,11H2,1-5H3,(H,19,21). The molecule has 0 aliphatic heterocycles. The second kappa shape index (κ2) is 7.94. The molecule has 0 bridgehead atoms. The quantitative estimate of drug-likeness (QED) is 0.739. The summed E-state index contributed by atoms with van der Waals surface area (Å²) in [5.74, 6) is -0.0585. The Labute approximate surface area is 159 Å². The molecule has 0 radical (unpaired) electrons. The summed E-state index contributed by atoms with van der Waals surface area (Å²) >= 11 is 1.57. The summed E-state index contributed by atoms with van der Waals surface area (Å²) in [5.41, 5.74) is -0.643. The van der Waals surface area contributed by atoms with Crippen LogP contribution in [0.4, 0.5) is 0 Å². The van der Waals surface area contributed by atoms with Crippen molar-refractivity contribution in [1.29, 1.82) is 0 Å². The minimum Gasteiger partial charge on any atom is -0.438 e. The van der Waals surface area contributed by atoms with Crippen LogP contribution in [0.15, 0.2) is 39.2 Å². The largest absolute Gasteiger partial charge is 0.438 e. The van der Waals surface area contributed by atoms with Gasteiger partial charge in [-0.15, -0.1) is 11.3 Å². The zero-order valence-electron chi connectivity index (χ0n) is 15.7. The van der Waals surface area contributed by atoms with Crippen LogP contribution < -0.4 is 10.0 Å². The number of carbonyl (C=O) groups excluding carboxylic acids is 1. The zero-order chi connectivity index (χ0) is 19.5. The molecule has 1 atom stereocenters. The van der Waals surface area contributed by atoms with Gasteiger partial charge >= 0.3 is 0 Å². The van der Waals surface area contributed by atoms with E-state index in [9.17, 15) is 13.2 Å². The number of rotatable bonds is 7. The normalized spacial score (nSPS) is 13.8. The fourth-order valence-corrected chi connectivity index (χ4v) is 4.62. The summed E-state index contributed by atoms with van der Waals surface area (Å²) < 4.78 is 32.4. The van der Waals surface area contributed by atoms with Crippen molar-refractivity contribution < 1.29 is 17.6 Å². The van der Waals surface area contributed by atoms with E-state index in [4.69, 9.17) is 4.42 Å². The zero-order valence-corrected chi connectivity index (χ0v) is 17.3. The van der Waals surface area contributed by atoms with E-state index in [1.807, 2.05) is 17.5 Å². The molecule has 0 saturated carbocycles. The number of hydrogen-bond donors (Lipinski definition) is 2. The molecule has 0 aromatic carbocycles. The molecule has 1 amide bonds. The highest BCUT2D eigenvalue weighted by Crippen LogP contribution is 2.26. The molecule has 2 aromatic heterocycles. The highest BCUT2D eigenvalue weighted by atomic mass is 32.2. The summed E-state index contributed by atoms with van der Waals surface area (Å²) in [6, 6.07) is 6.46. The van der Waals surface area contributed by atoms with Crippen molar-refractivity contribution in [3.8, 4) is 0 Å². The van der Waals surface area contributed by atoms with Crippen LogP contribution in [0.25, 0.3) is 0 Å². The smallest absolute Gasteiger partial charge is 0.287 e. The van der Waals surface area contributed by atoms with Gasteiger partial charge in [0, 0.05) is 10.4 Å². The minimum absolute atomic E-state index is 0.0235. The van der Waals surface area contributed by atoms with Gasteiger partial charge in [0.15, 0.2) is 5.76 Å². The molecule has 0 spiro atoms. The molecular formula is C18H26N2O4S2. The number of furan rings is 1. The molecule has 144 valence electrons. The Bertz CT molecular complexity index is 831. The van der Waals surface area contributed by atoms with Gasteiger partial charge < -0.3 is 9.73 Å². The fraction of sp³-hybridized carbons (Fsp3) is 0.500. The third-order valence-corrected chi connectivity index (χ3v) is 6.03. The number of thiophene rings is 1. The molecule has 6 nitrogen and oxygen atoms in total. The summed E-state index contributed by atoms with van der Waals surface area (Å²) in [6.45, 7) is 9.38. The summed E-state index contributed by atoms with van der Waals surface area (Å²) in [6.07, 6.45) is 0.781. The molecule has 0 saturated heterocycles. The van der Waals surface area contributed by atoms with Crippen LogP contribution >= 0.6 is 11.3 Å². The van der Waals surface area contributed by atoms with E-state index in [0.717, 1.165) is 11.3 Å². The van der Waals surface area contributed by atoms with E-state index in [0.29, 0.717) is 5.92 Å². The lowest BCUT2D eigenvalue weighted by Crippen LogP contribution is -2.40. The molecule has 0 aliphatic rings. The van der Waals surface area contributed by atoms with Crippen molar-refractivity contribution in [2.45, 2.75) is 57.7 Å². The highest BCUT2D eigenvalue weighted by Gasteiger charge is 2.27. The highest BCUT2D eigenvalue weighted by molar-refractivity contribution is 7.89. The third-order valence-electron chi connectivity index (χ3n) is 3.41. The van der Waals surface area contributed by atoms with Crippen LogP contribution in [0, 0.1) is 5.92 Å². The second-order valence-corrected chi connectivity index (χ2v) is 10.2. The monoisotopic (exact) mass is 398 g/mol. The van der Waals surface area contributed by atoms with Crippen molar-refractivity contribution in [1.82, 2.24) is 10.0 Å². The minimum atomic E-state index is -3.82. The van der Waals surface area contributed by atoms with Gasteiger partial charge in [-0.1, -0.05) is 19.9 Å². The lowest BCUT2D eigenvalue weighted by Gasteiger charge is -2.19. The molecule has 2 N–H and O–H groups in total. The number of nitrogens with one attached hydrogen (secondary N) is 2. The lowest BCUT2D eigenvalue weighted by atomic mass is 10.0. The average molecular weight is 399 g/mol. The average Bonchev–Trinajstić information content (AvgIpc) is 3.15. The van der Waals surface area contributed by atoms with Gasteiger partial charge in [-0.05, 0) is 56.7 Å². The first-order chi connectivity index (χ1) is 12.0. The Morgan fingerprint density at radius 3 is 2.46 bits per heavy atom. The Kier molecular flexibility index (Phi) is 6.31. The maximum absolute atomic E-state index is 12.5. The first kappa shape index (κ1) is 20.7. The van der Waals surface area contributed by atoms with Gasteiger partial charge in [0.2, 0.25) is 5.09 Å². The van der Waals surface area contributed by atoms with Crippen LogP contribution in [-0.4, -0.2) is 19.9 Å². The van der Waals surface area contributed by atoms with Gasteiger partial charge in [0.05, 0.1) is 6.04 Å². The summed E-state index contributed by atoms with van der Waals surface area (Å²) in [4.78, 5) is 13.6. The van der Waals surface area contributed by atoms with E-state index in [-0.39, 0.29) is 16.9 Å². The molecule has 0 fully saturated rings. The fourth-order valence-electron chi connectivity index (χ4n) is 2.48. The van der Waals surface area contributed by atoms with E-state index < -0.39 is 21.5 Å². The van der Waals surface area contributed by atoms with Crippen molar-refractivity contribution in [3.63, 3.8) is 0 Å². The molecule has 2 heterocycles. The lowest BCUT2D eigenvalue weighted by molar-refractivity contribution is 0.0899. The van der Waals surface area contributed by atoms with Crippen LogP contribution in [-0.2, 0) is 10.0 Å². The van der Waals surface area contributed by atoms with Crippen LogP contribution in [0.5, 0.6) is 0 Å². The Morgan fingerprint density at radius 2 is 1.92 bits per heavy atom.